The van der Waals surface area contributed by atoms with Crippen LogP contribution in [0.25, 0.3) is 0 Å². The first-order valence-corrected chi connectivity index (χ1v) is 10.5. The summed E-state index contributed by atoms with van der Waals surface area (Å²) < 4.78 is 5.60. The van der Waals surface area contributed by atoms with Crippen LogP contribution >= 0.6 is 12.4 Å². The third kappa shape index (κ3) is 4.75. The van der Waals surface area contributed by atoms with E-state index in [-0.39, 0.29) is 30.5 Å². The third-order valence-corrected chi connectivity index (χ3v) is 6.07. The van der Waals surface area contributed by atoms with Crippen molar-refractivity contribution in [2.24, 2.45) is 0 Å². The van der Waals surface area contributed by atoms with Gasteiger partial charge in [-0.05, 0) is 48.6 Å². The van der Waals surface area contributed by atoms with E-state index < -0.39 is 5.41 Å². The molecule has 0 spiro atoms. The van der Waals surface area contributed by atoms with E-state index in [1.54, 1.807) is 6.20 Å². The van der Waals surface area contributed by atoms with Gasteiger partial charge in [0.05, 0.1) is 17.5 Å². The number of nitrogens with zero attached hydrogens (tertiary/aromatic N) is 1. The highest BCUT2D eigenvalue weighted by atomic mass is 35.5. The van der Waals surface area contributed by atoms with Crippen molar-refractivity contribution in [2.75, 3.05) is 0 Å². The van der Waals surface area contributed by atoms with Crippen LogP contribution in [0.5, 0.6) is 11.5 Å². The molecule has 0 saturated carbocycles. The van der Waals surface area contributed by atoms with Crippen LogP contribution in [0.15, 0.2) is 36.5 Å². The van der Waals surface area contributed by atoms with Crippen LogP contribution in [0.4, 0.5) is 0 Å². The molecular weight excluding hydrogens is 386 g/mol. The van der Waals surface area contributed by atoms with Crippen molar-refractivity contribution in [2.45, 2.75) is 77.0 Å². The molecule has 1 aliphatic rings. The van der Waals surface area contributed by atoms with Gasteiger partial charge in [-0.15, -0.1) is 12.4 Å². The molecule has 29 heavy (non-hydrogen) atoms. The number of ether oxygens (including phenoxy) is 1. The number of benzene rings is 1. The Hall–Kier alpha value is -2.07. The van der Waals surface area contributed by atoms with Crippen LogP contribution in [0.3, 0.4) is 0 Å². The number of phenols is 1. The van der Waals surface area contributed by atoms with E-state index in [0.717, 1.165) is 17.7 Å². The van der Waals surface area contributed by atoms with Crippen LogP contribution in [-0.4, -0.2) is 16.1 Å². The Bertz CT molecular complexity index is 824. The number of aromatic hydroxyl groups is 1. The normalized spacial score (nSPS) is 19.1. The van der Waals surface area contributed by atoms with Crippen LogP contribution in [0.2, 0.25) is 0 Å². The lowest BCUT2D eigenvalue weighted by molar-refractivity contribution is -0.137. The smallest absolute Gasteiger partial charge is 0.312 e. The van der Waals surface area contributed by atoms with Crippen molar-refractivity contribution in [3.8, 4) is 11.5 Å². The molecule has 3 rings (SSSR count). The number of fused-ring (bicyclic) bond motifs is 1. The minimum atomic E-state index is -0.654. The highest BCUT2D eigenvalue weighted by molar-refractivity contribution is 5.85. The van der Waals surface area contributed by atoms with E-state index in [4.69, 9.17) is 4.74 Å². The highest BCUT2D eigenvalue weighted by Crippen LogP contribution is 2.50. The number of pyridine rings is 1. The fourth-order valence-electron chi connectivity index (χ4n) is 4.35. The number of aromatic nitrogens is 1. The maximum atomic E-state index is 12.5. The van der Waals surface area contributed by atoms with Crippen LogP contribution in [0, 0.1) is 0 Å². The summed E-state index contributed by atoms with van der Waals surface area (Å²) in [6.45, 7) is 6.41. The Kier molecular flexibility index (Phi) is 8.09. The molecule has 5 heteroatoms. The number of esters is 1. The summed E-state index contributed by atoms with van der Waals surface area (Å²) in [5.41, 5.74) is 1.86. The quantitative estimate of drug-likeness (QED) is 0.311. The third-order valence-electron chi connectivity index (χ3n) is 6.07. The molecule has 2 unspecified atom stereocenters. The first kappa shape index (κ1) is 23.2. The van der Waals surface area contributed by atoms with Crippen LogP contribution in [0.1, 0.15) is 88.5 Å². The van der Waals surface area contributed by atoms with Gasteiger partial charge in [-0.1, -0.05) is 52.5 Å². The molecule has 4 nitrogen and oxygen atoms in total. The number of hydrogen-bond donors (Lipinski definition) is 1. The lowest BCUT2D eigenvalue weighted by Crippen LogP contribution is -2.37. The maximum Gasteiger partial charge on any atom is 0.312 e. The predicted molar refractivity (Wildman–Crippen MR) is 118 cm³/mol. The Morgan fingerprint density at radius 3 is 2.66 bits per heavy atom. The summed E-state index contributed by atoms with van der Waals surface area (Å²) in [4.78, 5) is 17.0. The average Bonchev–Trinajstić information content (AvgIpc) is 2.70. The summed E-state index contributed by atoms with van der Waals surface area (Å²) in [5, 5.41) is 11.0. The first-order chi connectivity index (χ1) is 13.5. The molecule has 1 aromatic heterocycles. The number of halogens is 1. The molecule has 2 aromatic rings. The molecule has 1 aliphatic heterocycles. The number of rotatable bonds is 8. The summed E-state index contributed by atoms with van der Waals surface area (Å²) in [7, 11) is 0. The Morgan fingerprint density at radius 1 is 1.21 bits per heavy atom. The van der Waals surface area contributed by atoms with Crippen LogP contribution in [-0.2, 0) is 10.2 Å². The molecule has 158 valence electrons. The molecule has 0 amide bonds. The lowest BCUT2D eigenvalue weighted by Gasteiger charge is -2.37. The van der Waals surface area contributed by atoms with E-state index in [1.807, 2.05) is 37.3 Å². The fraction of sp³-hybridized carbons (Fsp3) is 0.500. The predicted octanol–water partition coefficient (Wildman–Crippen LogP) is 6.29. The van der Waals surface area contributed by atoms with Crippen molar-refractivity contribution < 1.29 is 14.6 Å². The number of carbonyl (C=O) groups is 1. The minimum Gasteiger partial charge on any atom is -0.507 e. The minimum absolute atomic E-state index is 0. The monoisotopic (exact) mass is 417 g/mol. The molecule has 0 radical (unpaired) electrons. The molecule has 0 saturated heterocycles. The zero-order valence-electron chi connectivity index (χ0n) is 17.6. The van der Waals surface area contributed by atoms with Crippen molar-refractivity contribution in [3.63, 3.8) is 0 Å². The second kappa shape index (κ2) is 10.1. The molecule has 0 bridgehead atoms. The van der Waals surface area contributed by atoms with Gasteiger partial charge in [0.25, 0.3) is 0 Å². The Balaban J connectivity index is 0.00000300. The van der Waals surface area contributed by atoms with Gasteiger partial charge in [-0.3, -0.25) is 9.78 Å². The molecule has 1 aromatic carbocycles. The van der Waals surface area contributed by atoms with Gasteiger partial charge in [-0.25, -0.2) is 0 Å². The van der Waals surface area contributed by atoms with Crippen LogP contribution < -0.4 is 4.74 Å². The number of unbranched alkanes of at least 4 members (excludes halogenated alkanes) is 3. The van der Waals surface area contributed by atoms with Crippen molar-refractivity contribution in [1.29, 1.82) is 0 Å². The van der Waals surface area contributed by atoms with E-state index in [9.17, 15) is 9.90 Å². The van der Waals surface area contributed by atoms with Gasteiger partial charge in [0.2, 0.25) is 0 Å². The van der Waals surface area contributed by atoms with Gasteiger partial charge in [0.15, 0.2) is 0 Å². The zero-order valence-corrected chi connectivity index (χ0v) is 18.4. The Labute approximate surface area is 180 Å². The van der Waals surface area contributed by atoms with E-state index >= 15 is 0 Å². The Morgan fingerprint density at radius 2 is 2.00 bits per heavy atom. The van der Waals surface area contributed by atoms with E-state index in [1.165, 1.54) is 25.7 Å². The molecule has 1 N–H and O–H groups in total. The highest BCUT2D eigenvalue weighted by Gasteiger charge is 2.45. The topological polar surface area (TPSA) is 59.4 Å². The molecular formula is C24H32ClNO3. The first-order valence-electron chi connectivity index (χ1n) is 10.5. The standard InChI is InChI=1S/C24H31NO3.ClH/c1-4-6-7-8-11-17(3)18-14-19(26)23-20(15-18)28-22(27)16-24(23,5-2)21-12-9-10-13-25-21;/h9-10,12-15,17,26H,4-8,11,16H2,1-3H3;1H. The van der Waals surface area contributed by atoms with Gasteiger partial charge in [0.1, 0.15) is 11.5 Å². The number of phenolic OH excluding ortho intramolecular Hbond substituents is 1. The molecule has 2 atom stereocenters. The maximum absolute atomic E-state index is 12.5. The zero-order chi connectivity index (χ0) is 20.1. The second-order valence-corrected chi connectivity index (χ2v) is 7.97. The summed E-state index contributed by atoms with van der Waals surface area (Å²) in [5.74, 6) is 0.721. The fourth-order valence-corrected chi connectivity index (χ4v) is 4.35. The molecule has 2 heterocycles. The lowest BCUT2D eigenvalue weighted by atomic mass is 9.70. The molecule has 0 aliphatic carbocycles. The number of carbonyl (C=O) groups excluding carboxylic acids is 1. The van der Waals surface area contributed by atoms with Crippen molar-refractivity contribution in [1.82, 2.24) is 4.98 Å². The van der Waals surface area contributed by atoms with Gasteiger partial charge in [0, 0.05) is 11.8 Å². The van der Waals surface area contributed by atoms with E-state index in [2.05, 4.69) is 18.8 Å². The van der Waals surface area contributed by atoms with Gasteiger partial charge < -0.3 is 9.84 Å². The van der Waals surface area contributed by atoms with Gasteiger partial charge in [-0.2, -0.15) is 0 Å². The number of hydrogen-bond acceptors (Lipinski definition) is 4. The molecule has 0 fully saturated rings. The summed E-state index contributed by atoms with van der Waals surface area (Å²) in [6, 6.07) is 9.51. The second-order valence-electron chi connectivity index (χ2n) is 7.97. The largest absolute Gasteiger partial charge is 0.507 e. The van der Waals surface area contributed by atoms with Crippen molar-refractivity contribution >= 4 is 18.4 Å². The SMILES string of the molecule is CCCCCCC(C)c1cc(O)c2c(c1)OC(=O)CC2(CC)c1ccccn1.Cl. The average molecular weight is 418 g/mol. The summed E-state index contributed by atoms with van der Waals surface area (Å²) >= 11 is 0. The summed E-state index contributed by atoms with van der Waals surface area (Å²) in [6.07, 6.45) is 8.50. The van der Waals surface area contributed by atoms with E-state index in [0.29, 0.717) is 23.7 Å². The van der Waals surface area contributed by atoms with Crippen molar-refractivity contribution in [3.05, 3.63) is 53.3 Å². The van der Waals surface area contributed by atoms with Gasteiger partial charge >= 0.3 is 5.97 Å².